The van der Waals surface area contributed by atoms with E-state index in [9.17, 15) is 9.59 Å². The van der Waals surface area contributed by atoms with Crippen LogP contribution < -0.4 is 5.32 Å². The van der Waals surface area contributed by atoms with E-state index < -0.39 is 11.8 Å². The number of aromatic nitrogens is 2. The molecule has 0 fully saturated rings. The molecule has 3 aromatic rings. The Labute approximate surface area is 198 Å². The monoisotopic (exact) mass is 460 g/mol. The molecule has 0 radical (unpaired) electrons. The third kappa shape index (κ3) is 4.87. The second-order valence-corrected chi connectivity index (χ2v) is 8.75. The van der Waals surface area contributed by atoms with Gasteiger partial charge in [-0.1, -0.05) is 12.1 Å². The molecule has 0 amide bonds. The first-order chi connectivity index (χ1) is 16.2. The number of Topliss-reactive ketones (excluding diaryl/α,β-unsaturated/α-hetero) is 1. The Hall–Kier alpha value is -3.91. The number of aromatic amines is 1. The molecule has 8 heteroatoms. The Kier molecular flexibility index (Phi) is 6.51. The number of hydrogen-bond donors (Lipinski definition) is 2. The van der Waals surface area contributed by atoms with E-state index in [0.29, 0.717) is 5.65 Å². The summed E-state index contributed by atoms with van der Waals surface area (Å²) in [5.74, 6) is -1.17. The molecule has 0 saturated heterocycles. The smallest absolute Gasteiger partial charge is 0.348 e. The fraction of sp³-hybridized carbons (Fsp3) is 0.269. The molecule has 1 aromatic carbocycles. The summed E-state index contributed by atoms with van der Waals surface area (Å²) in [5, 5.41) is 3.97. The first kappa shape index (κ1) is 23.3. The average Bonchev–Trinajstić information content (AvgIpc) is 3.30. The third-order valence-electron chi connectivity index (χ3n) is 5.24. The van der Waals surface area contributed by atoms with Crippen molar-refractivity contribution < 1.29 is 19.1 Å². The fourth-order valence-corrected chi connectivity index (χ4v) is 3.76. The van der Waals surface area contributed by atoms with Crippen LogP contribution in [0.2, 0.25) is 0 Å². The fourth-order valence-electron chi connectivity index (χ4n) is 3.76. The van der Waals surface area contributed by atoms with E-state index in [1.54, 1.807) is 32.3 Å². The number of benzene rings is 1. The van der Waals surface area contributed by atoms with Gasteiger partial charge in [0.05, 0.1) is 6.10 Å². The number of pyridine rings is 1. The maximum Gasteiger partial charge on any atom is 0.348 e. The highest BCUT2D eigenvalue weighted by Gasteiger charge is 2.37. The zero-order chi connectivity index (χ0) is 24.4. The van der Waals surface area contributed by atoms with E-state index in [4.69, 9.17) is 9.47 Å². The van der Waals surface area contributed by atoms with Gasteiger partial charge < -0.3 is 24.7 Å². The second kappa shape index (κ2) is 9.52. The van der Waals surface area contributed by atoms with Crippen LogP contribution in [0.1, 0.15) is 30.5 Å². The Bertz CT molecular complexity index is 1320. The first-order valence-electron chi connectivity index (χ1n) is 11.1. The molecule has 0 atom stereocenters. The van der Waals surface area contributed by atoms with Crippen LogP contribution in [-0.4, -0.2) is 46.8 Å². The number of ether oxygens (including phenoxy) is 2. The molecule has 2 N–H and O–H groups in total. The number of aryl methyl sites for hydroxylation is 1. The first-order valence-corrected chi connectivity index (χ1v) is 11.1. The minimum atomic E-state index is -0.728. The Morgan fingerprint density at radius 3 is 2.79 bits per heavy atom. The molecular formula is C26H28N4O4. The van der Waals surface area contributed by atoms with Gasteiger partial charge >= 0.3 is 5.97 Å². The van der Waals surface area contributed by atoms with Crippen LogP contribution in [0.3, 0.4) is 0 Å². The summed E-state index contributed by atoms with van der Waals surface area (Å²) in [4.78, 5) is 35.5. The summed E-state index contributed by atoms with van der Waals surface area (Å²) in [6, 6.07) is 9.67. The van der Waals surface area contributed by atoms with Crippen molar-refractivity contribution in [2.45, 2.75) is 33.4 Å². The van der Waals surface area contributed by atoms with Gasteiger partial charge in [-0.2, -0.15) is 0 Å². The maximum atomic E-state index is 13.2. The number of hydrogen-bond acceptors (Lipinski definition) is 7. The Morgan fingerprint density at radius 2 is 2.09 bits per heavy atom. The van der Waals surface area contributed by atoms with E-state index in [1.165, 1.54) is 0 Å². The zero-order valence-corrected chi connectivity index (χ0v) is 19.9. The van der Waals surface area contributed by atoms with Crippen LogP contribution >= 0.6 is 0 Å². The van der Waals surface area contributed by atoms with E-state index in [-0.39, 0.29) is 23.3 Å². The standard InChI is InChI=1S/C26H28N4O4/c1-15(2)33-26(32)22-23(31)21(12-18-13-28-24-19(18)7-6-10-27-24)34-25(22)29-20-9-8-17(11-16(20)3)14-30(4)5/h6-13,15,29H,14H2,1-5H3,(H,27,28)/b21-12-. The van der Waals surface area contributed by atoms with Crippen LogP contribution in [0.4, 0.5) is 5.69 Å². The number of anilines is 1. The number of nitrogens with one attached hydrogen (secondary N) is 2. The summed E-state index contributed by atoms with van der Waals surface area (Å²) in [7, 11) is 4.02. The number of rotatable bonds is 7. The van der Waals surface area contributed by atoms with E-state index in [1.807, 2.05) is 45.3 Å². The zero-order valence-electron chi connectivity index (χ0n) is 19.9. The Morgan fingerprint density at radius 1 is 1.29 bits per heavy atom. The predicted octanol–water partition coefficient (Wildman–Crippen LogP) is 4.15. The van der Waals surface area contributed by atoms with Crippen molar-refractivity contribution in [3.8, 4) is 0 Å². The lowest BCUT2D eigenvalue weighted by Crippen LogP contribution is -2.19. The molecule has 176 valence electrons. The predicted molar refractivity (Wildman–Crippen MR) is 131 cm³/mol. The molecule has 0 unspecified atom stereocenters. The van der Waals surface area contributed by atoms with Gasteiger partial charge in [-0.3, -0.25) is 4.79 Å². The molecule has 34 heavy (non-hydrogen) atoms. The van der Waals surface area contributed by atoms with Crippen LogP contribution in [0.25, 0.3) is 17.1 Å². The highest BCUT2D eigenvalue weighted by molar-refractivity contribution is 6.26. The summed E-state index contributed by atoms with van der Waals surface area (Å²) >= 11 is 0. The Balaban J connectivity index is 1.68. The van der Waals surface area contributed by atoms with Crippen molar-refractivity contribution in [2.75, 3.05) is 19.4 Å². The second-order valence-electron chi connectivity index (χ2n) is 8.75. The lowest BCUT2D eigenvalue weighted by molar-refractivity contribution is -0.143. The highest BCUT2D eigenvalue weighted by Crippen LogP contribution is 2.31. The van der Waals surface area contributed by atoms with Gasteiger partial charge in [0.15, 0.2) is 11.3 Å². The number of allylic oxidation sites excluding steroid dienone is 1. The number of nitrogens with zero attached hydrogens (tertiary/aromatic N) is 2. The molecule has 0 spiro atoms. The van der Waals surface area contributed by atoms with Crippen molar-refractivity contribution in [1.29, 1.82) is 0 Å². The van der Waals surface area contributed by atoms with Gasteiger partial charge in [0.1, 0.15) is 5.65 Å². The lowest BCUT2D eigenvalue weighted by Gasteiger charge is -2.15. The largest absolute Gasteiger partial charge is 0.459 e. The minimum absolute atomic E-state index is 0.0323. The number of fused-ring (bicyclic) bond motifs is 1. The van der Waals surface area contributed by atoms with Gasteiger partial charge in [0, 0.05) is 35.6 Å². The van der Waals surface area contributed by atoms with Gasteiger partial charge in [-0.25, -0.2) is 9.78 Å². The number of carbonyl (C=O) groups is 2. The molecule has 1 aliphatic heterocycles. The SMILES string of the molecule is Cc1cc(CN(C)C)ccc1NC1=C(C(=O)OC(C)C)C(=O)/C(=C/c2c[nH]c3ncccc23)O1. The molecule has 3 heterocycles. The van der Waals surface area contributed by atoms with E-state index in [2.05, 4.69) is 26.3 Å². The normalized spacial score (nSPS) is 15.0. The van der Waals surface area contributed by atoms with Gasteiger partial charge in [-0.05, 0) is 70.3 Å². The third-order valence-corrected chi connectivity index (χ3v) is 5.24. The maximum absolute atomic E-state index is 13.2. The summed E-state index contributed by atoms with van der Waals surface area (Å²) in [5.41, 5.74) is 4.11. The quantitative estimate of drug-likeness (QED) is 0.311. The van der Waals surface area contributed by atoms with Gasteiger partial charge in [0.25, 0.3) is 0 Å². The van der Waals surface area contributed by atoms with Crippen LogP contribution in [0, 0.1) is 6.92 Å². The van der Waals surface area contributed by atoms with Crippen molar-refractivity contribution in [3.63, 3.8) is 0 Å². The number of carbonyl (C=O) groups excluding carboxylic acids is 2. The minimum Gasteiger partial charge on any atom is -0.459 e. The van der Waals surface area contributed by atoms with E-state index in [0.717, 1.165) is 34.3 Å². The van der Waals surface area contributed by atoms with Gasteiger partial charge in [-0.15, -0.1) is 0 Å². The molecule has 8 nitrogen and oxygen atoms in total. The molecule has 0 saturated carbocycles. The molecule has 4 rings (SSSR count). The summed E-state index contributed by atoms with van der Waals surface area (Å²) < 4.78 is 11.2. The highest BCUT2D eigenvalue weighted by atomic mass is 16.5. The molecule has 0 aliphatic carbocycles. The summed E-state index contributed by atoms with van der Waals surface area (Å²) in [6.07, 6.45) is 4.65. The molecule has 0 bridgehead atoms. The lowest BCUT2D eigenvalue weighted by atomic mass is 10.1. The van der Waals surface area contributed by atoms with Crippen molar-refractivity contribution >= 4 is 34.5 Å². The van der Waals surface area contributed by atoms with Crippen molar-refractivity contribution in [3.05, 3.63) is 76.6 Å². The number of H-pyrrole nitrogens is 1. The van der Waals surface area contributed by atoms with Crippen molar-refractivity contribution in [1.82, 2.24) is 14.9 Å². The summed E-state index contributed by atoms with van der Waals surface area (Å²) in [6.45, 7) is 6.22. The topological polar surface area (TPSA) is 96.6 Å². The van der Waals surface area contributed by atoms with Crippen LogP contribution in [0.5, 0.6) is 0 Å². The van der Waals surface area contributed by atoms with E-state index >= 15 is 0 Å². The average molecular weight is 461 g/mol. The number of ketones is 1. The number of esters is 1. The van der Waals surface area contributed by atoms with Crippen LogP contribution in [0.15, 0.2) is 59.9 Å². The molecular weight excluding hydrogens is 432 g/mol. The van der Waals surface area contributed by atoms with Crippen LogP contribution in [-0.2, 0) is 25.6 Å². The van der Waals surface area contributed by atoms with Gasteiger partial charge in [0.2, 0.25) is 11.7 Å². The molecule has 2 aromatic heterocycles. The van der Waals surface area contributed by atoms with Crippen molar-refractivity contribution in [2.24, 2.45) is 0 Å². The molecule has 1 aliphatic rings.